The van der Waals surface area contributed by atoms with Crippen LogP contribution in [0.4, 0.5) is 0 Å². The summed E-state index contributed by atoms with van der Waals surface area (Å²) in [5.74, 6) is -2.14. The van der Waals surface area contributed by atoms with E-state index in [-0.39, 0.29) is 11.8 Å². The molecule has 0 aromatic rings. The van der Waals surface area contributed by atoms with Gasteiger partial charge in [-0.1, -0.05) is 67.2 Å². The maximum atomic E-state index is 12.4. The summed E-state index contributed by atoms with van der Waals surface area (Å²) in [7, 11) is 0. The lowest BCUT2D eigenvalue weighted by molar-refractivity contribution is -0.479. The third-order valence-electron chi connectivity index (χ3n) is 5.24. The van der Waals surface area contributed by atoms with E-state index in [0.29, 0.717) is 25.2 Å². The quantitative estimate of drug-likeness (QED) is 0.153. The van der Waals surface area contributed by atoms with Crippen LogP contribution in [0.1, 0.15) is 113 Å². The van der Waals surface area contributed by atoms with Crippen molar-refractivity contribution in [2.24, 2.45) is 17.8 Å². The van der Waals surface area contributed by atoms with Gasteiger partial charge in [0.1, 0.15) is 0 Å². The zero-order valence-electron chi connectivity index (χ0n) is 19.8. The maximum absolute atomic E-state index is 12.4. The minimum absolute atomic E-state index is 0.203. The van der Waals surface area contributed by atoms with E-state index < -0.39 is 17.7 Å². The third-order valence-corrected chi connectivity index (χ3v) is 5.24. The second-order valence-electron chi connectivity index (χ2n) is 8.53. The molecule has 0 heterocycles. The van der Waals surface area contributed by atoms with Crippen molar-refractivity contribution in [3.8, 4) is 0 Å². The van der Waals surface area contributed by atoms with E-state index in [1.807, 2.05) is 13.8 Å². The van der Waals surface area contributed by atoms with E-state index in [9.17, 15) is 9.59 Å². The molecule has 0 fully saturated rings. The SMILES string of the molecule is CCCCC(CC)C(=O)OOC(C)(CCC(C)C)OOC(=O)C(CC)CCCC. The van der Waals surface area contributed by atoms with Gasteiger partial charge in [-0.2, -0.15) is 0 Å². The molecule has 0 rings (SSSR count). The number of unbranched alkanes of at least 4 members (excludes halogenated alkanes) is 2. The van der Waals surface area contributed by atoms with Crippen molar-refractivity contribution < 1.29 is 29.1 Å². The van der Waals surface area contributed by atoms with Crippen LogP contribution < -0.4 is 0 Å². The van der Waals surface area contributed by atoms with Crippen LogP contribution in [0.2, 0.25) is 0 Å². The van der Waals surface area contributed by atoms with Crippen molar-refractivity contribution in [3.05, 3.63) is 0 Å². The lowest BCUT2D eigenvalue weighted by atomic mass is 10.00. The summed E-state index contributed by atoms with van der Waals surface area (Å²) in [5.41, 5.74) is 0. The first kappa shape index (κ1) is 27.9. The first-order valence-electron chi connectivity index (χ1n) is 11.5. The Labute approximate surface area is 177 Å². The Balaban J connectivity index is 4.89. The summed E-state index contributed by atoms with van der Waals surface area (Å²) in [5, 5.41) is 0. The number of rotatable bonds is 17. The molecular weight excluding hydrogens is 372 g/mol. The van der Waals surface area contributed by atoms with Gasteiger partial charge < -0.3 is 0 Å². The van der Waals surface area contributed by atoms with E-state index in [1.165, 1.54) is 0 Å². The second kappa shape index (κ2) is 15.7. The van der Waals surface area contributed by atoms with Crippen LogP contribution in [0.5, 0.6) is 0 Å². The normalized spacial score (nSPS) is 15.6. The van der Waals surface area contributed by atoms with E-state index in [4.69, 9.17) is 19.6 Å². The highest BCUT2D eigenvalue weighted by molar-refractivity contribution is 5.72. The average Bonchev–Trinajstić information content (AvgIpc) is 2.70. The van der Waals surface area contributed by atoms with E-state index >= 15 is 0 Å². The Bertz CT molecular complexity index is 417. The summed E-state index contributed by atoms with van der Waals surface area (Å²) in [4.78, 5) is 45.8. The van der Waals surface area contributed by atoms with Crippen molar-refractivity contribution in [1.29, 1.82) is 0 Å². The molecular formula is C23H44O6. The summed E-state index contributed by atoms with van der Waals surface area (Å²) >= 11 is 0. The molecule has 0 bridgehead atoms. The van der Waals surface area contributed by atoms with Gasteiger partial charge in [0.25, 0.3) is 5.79 Å². The highest BCUT2D eigenvalue weighted by Crippen LogP contribution is 2.26. The van der Waals surface area contributed by atoms with Crippen LogP contribution in [0, 0.1) is 17.8 Å². The monoisotopic (exact) mass is 416 g/mol. The van der Waals surface area contributed by atoms with E-state index in [2.05, 4.69) is 27.7 Å². The number of hydrogen-bond acceptors (Lipinski definition) is 6. The topological polar surface area (TPSA) is 71.1 Å². The van der Waals surface area contributed by atoms with Gasteiger partial charge in [0.15, 0.2) is 0 Å². The van der Waals surface area contributed by atoms with Crippen LogP contribution in [-0.4, -0.2) is 17.7 Å². The van der Waals surface area contributed by atoms with Gasteiger partial charge in [-0.15, -0.1) is 9.78 Å². The van der Waals surface area contributed by atoms with Crippen LogP contribution in [0.15, 0.2) is 0 Å². The van der Waals surface area contributed by atoms with Gasteiger partial charge in [-0.3, -0.25) is 9.78 Å². The lowest BCUT2D eigenvalue weighted by Gasteiger charge is -2.27. The molecule has 0 spiro atoms. The molecule has 0 aliphatic rings. The summed E-state index contributed by atoms with van der Waals surface area (Å²) in [6, 6.07) is 0. The second-order valence-corrected chi connectivity index (χ2v) is 8.53. The Morgan fingerprint density at radius 2 is 1.17 bits per heavy atom. The molecule has 6 heteroatoms. The number of carbonyl (C=O) groups excluding carboxylic acids is 2. The van der Waals surface area contributed by atoms with Gasteiger partial charge in [-0.25, -0.2) is 9.59 Å². The van der Waals surface area contributed by atoms with E-state index in [1.54, 1.807) is 6.92 Å². The molecule has 2 atom stereocenters. The smallest absolute Gasteiger partial charge is 0.295 e. The lowest BCUT2D eigenvalue weighted by Crippen LogP contribution is -2.36. The fraction of sp³-hybridized carbons (Fsp3) is 0.913. The Hall–Kier alpha value is -1.14. The summed E-state index contributed by atoms with van der Waals surface area (Å²) < 4.78 is 0. The van der Waals surface area contributed by atoms with Crippen molar-refractivity contribution in [3.63, 3.8) is 0 Å². The Morgan fingerprint density at radius 3 is 1.48 bits per heavy atom. The minimum atomic E-state index is -1.33. The maximum Gasteiger partial charge on any atom is 0.345 e. The average molecular weight is 417 g/mol. The number of hydrogen-bond donors (Lipinski definition) is 0. The molecule has 0 aliphatic heterocycles. The molecule has 2 unspecified atom stereocenters. The molecule has 6 nitrogen and oxygen atoms in total. The van der Waals surface area contributed by atoms with Crippen LogP contribution in [0.25, 0.3) is 0 Å². The zero-order chi connectivity index (χ0) is 22.3. The molecule has 29 heavy (non-hydrogen) atoms. The predicted molar refractivity (Wildman–Crippen MR) is 113 cm³/mol. The fourth-order valence-corrected chi connectivity index (χ4v) is 2.92. The molecule has 0 saturated heterocycles. The molecule has 0 amide bonds. The molecule has 0 aromatic heterocycles. The first-order valence-corrected chi connectivity index (χ1v) is 11.5. The highest BCUT2D eigenvalue weighted by atomic mass is 17.3. The Morgan fingerprint density at radius 1 is 0.759 bits per heavy atom. The van der Waals surface area contributed by atoms with Crippen LogP contribution in [0.3, 0.4) is 0 Å². The van der Waals surface area contributed by atoms with Gasteiger partial charge in [0, 0.05) is 6.42 Å². The zero-order valence-corrected chi connectivity index (χ0v) is 19.8. The molecule has 0 aliphatic carbocycles. The number of carbonyl (C=O) groups is 2. The van der Waals surface area contributed by atoms with Gasteiger partial charge in [0.2, 0.25) is 0 Å². The van der Waals surface area contributed by atoms with Crippen molar-refractivity contribution in [2.75, 3.05) is 0 Å². The molecule has 0 radical (unpaired) electrons. The van der Waals surface area contributed by atoms with Crippen LogP contribution >= 0.6 is 0 Å². The standard InChI is InChI=1S/C23H44O6/c1-8-12-14-19(10-3)21(24)26-28-23(7,17-16-18(5)6)29-27-22(25)20(11-4)15-13-9-2/h18-20H,8-17H2,1-7H3. The minimum Gasteiger partial charge on any atom is -0.295 e. The summed E-state index contributed by atoms with van der Waals surface area (Å²) in [6.07, 6.45) is 8.08. The third kappa shape index (κ3) is 12.2. The largest absolute Gasteiger partial charge is 0.345 e. The Kier molecular flexibility index (Phi) is 15.1. The van der Waals surface area contributed by atoms with Gasteiger partial charge >= 0.3 is 11.9 Å². The van der Waals surface area contributed by atoms with Crippen LogP contribution in [-0.2, 0) is 29.1 Å². The van der Waals surface area contributed by atoms with Crippen molar-refractivity contribution in [1.82, 2.24) is 0 Å². The van der Waals surface area contributed by atoms with Crippen molar-refractivity contribution in [2.45, 2.75) is 118 Å². The van der Waals surface area contributed by atoms with Crippen molar-refractivity contribution >= 4 is 11.9 Å². The molecule has 0 N–H and O–H groups in total. The molecule has 172 valence electrons. The van der Waals surface area contributed by atoms with Gasteiger partial charge in [-0.05, 0) is 44.9 Å². The highest BCUT2D eigenvalue weighted by Gasteiger charge is 2.35. The molecule has 0 saturated carbocycles. The summed E-state index contributed by atoms with van der Waals surface area (Å²) in [6.45, 7) is 13.9. The fourth-order valence-electron chi connectivity index (χ4n) is 2.92. The van der Waals surface area contributed by atoms with E-state index in [0.717, 1.165) is 44.9 Å². The van der Waals surface area contributed by atoms with Gasteiger partial charge in [0.05, 0.1) is 11.8 Å². The molecule has 0 aromatic carbocycles. The first-order chi connectivity index (χ1) is 13.7. The predicted octanol–water partition coefficient (Wildman–Crippen LogP) is 6.52.